The van der Waals surface area contributed by atoms with Crippen LogP contribution >= 0.6 is 11.6 Å². The van der Waals surface area contributed by atoms with E-state index in [0.29, 0.717) is 5.69 Å². The van der Waals surface area contributed by atoms with Crippen LogP contribution in [0.3, 0.4) is 0 Å². The second kappa shape index (κ2) is 4.56. The summed E-state index contributed by atoms with van der Waals surface area (Å²) in [7, 11) is 0. The summed E-state index contributed by atoms with van der Waals surface area (Å²) in [6, 6.07) is 0.214. The molecule has 0 saturated carbocycles. The number of hydrogen-bond donors (Lipinski definition) is 0. The van der Waals surface area contributed by atoms with E-state index in [1.807, 2.05) is 24.9 Å². The zero-order valence-electron chi connectivity index (χ0n) is 10.2. The van der Waals surface area contributed by atoms with Gasteiger partial charge in [-0.25, -0.2) is 5.32 Å². The molecule has 0 aliphatic carbocycles. The van der Waals surface area contributed by atoms with E-state index in [1.165, 1.54) is 0 Å². The van der Waals surface area contributed by atoms with Gasteiger partial charge >= 0.3 is 0 Å². The third kappa shape index (κ3) is 2.11. The number of carbonyl (C=O) groups excluding carboxylic acids is 1. The van der Waals surface area contributed by atoms with Crippen molar-refractivity contribution < 1.29 is 4.79 Å². The Labute approximate surface area is 106 Å². The van der Waals surface area contributed by atoms with Crippen LogP contribution in [-0.4, -0.2) is 27.9 Å². The first-order valence-electron chi connectivity index (χ1n) is 5.79. The van der Waals surface area contributed by atoms with Crippen molar-refractivity contribution in [2.75, 3.05) is 11.4 Å². The lowest BCUT2D eigenvalue weighted by molar-refractivity contribution is 0.0930. The van der Waals surface area contributed by atoms with E-state index < -0.39 is 5.62 Å². The summed E-state index contributed by atoms with van der Waals surface area (Å²) in [5.74, 6) is -0.327. The number of alkyl halides is 1. The van der Waals surface area contributed by atoms with Gasteiger partial charge in [0.1, 0.15) is 0 Å². The van der Waals surface area contributed by atoms with Gasteiger partial charge in [0.25, 0.3) is 5.91 Å². The van der Waals surface area contributed by atoms with E-state index >= 15 is 0 Å². The second-order valence-electron chi connectivity index (χ2n) is 4.38. The molecule has 1 unspecified atom stereocenters. The van der Waals surface area contributed by atoms with Crippen LogP contribution in [0.5, 0.6) is 0 Å². The Morgan fingerprint density at radius 1 is 1.53 bits per heavy atom. The van der Waals surface area contributed by atoms with Gasteiger partial charge in [0.2, 0.25) is 5.62 Å². The molecule has 0 spiro atoms. The SMILES string of the molecule is CCCN1c2cn(C(C)C)nc2C(=O)[N]C1Cl. The Morgan fingerprint density at radius 2 is 2.24 bits per heavy atom. The van der Waals surface area contributed by atoms with Crippen molar-refractivity contribution >= 4 is 23.2 Å². The van der Waals surface area contributed by atoms with Crippen molar-refractivity contribution in [3.63, 3.8) is 0 Å². The molecule has 0 bridgehead atoms. The highest BCUT2D eigenvalue weighted by molar-refractivity contribution is 6.24. The maximum Gasteiger partial charge on any atom is 0.298 e. The Bertz CT molecular complexity index is 429. The number of aromatic nitrogens is 2. The van der Waals surface area contributed by atoms with E-state index in [-0.39, 0.29) is 11.9 Å². The minimum absolute atomic E-state index is 0.214. The molecule has 1 radical (unpaired) electrons. The van der Waals surface area contributed by atoms with Gasteiger partial charge in [-0.3, -0.25) is 9.48 Å². The summed E-state index contributed by atoms with van der Waals surface area (Å²) in [5, 5.41) is 8.14. The van der Waals surface area contributed by atoms with Crippen molar-refractivity contribution in [1.82, 2.24) is 15.1 Å². The lowest BCUT2D eigenvalue weighted by Gasteiger charge is -2.30. The molecule has 0 N–H and O–H groups in total. The number of anilines is 1. The fraction of sp³-hybridized carbons (Fsp3) is 0.636. The zero-order valence-corrected chi connectivity index (χ0v) is 11.0. The first-order chi connectivity index (χ1) is 8.04. The van der Waals surface area contributed by atoms with Crippen molar-refractivity contribution in [1.29, 1.82) is 0 Å². The number of nitrogens with zero attached hydrogens (tertiary/aromatic N) is 4. The summed E-state index contributed by atoms with van der Waals surface area (Å²) in [6.07, 6.45) is 2.82. The highest BCUT2D eigenvalue weighted by Gasteiger charge is 2.33. The predicted octanol–water partition coefficient (Wildman–Crippen LogP) is 1.96. The van der Waals surface area contributed by atoms with E-state index in [1.54, 1.807) is 4.68 Å². The molecule has 1 amide bonds. The average Bonchev–Trinajstić information content (AvgIpc) is 2.69. The molecule has 1 aromatic rings. The number of rotatable bonds is 3. The standard InChI is InChI=1S/C11H16ClN4O/c1-4-5-15-8-6-16(7(2)3)14-9(8)10(17)13-11(15)12/h6-7,11H,4-5H2,1-3H3. The molecule has 0 fully saturated rings. The maximum atomic E-state index is 11.7. The zero-order chi connectivity index (χ0) is 12.6. The van der Waals surface area contributed by atoms with Gasteiger partial charge in [0.15, 0.2) is 5.69 Å². The van der Waals surface area contributed by atoms with Gasteiger partial charge in [-0.2, -0.15) is 5.10 Å². The van der Waals surface area contributed by atoms with Crippen molar-refractivity contribution in [2.45, 2.75) is 38.9 Å². The molecule has 1 atom stereocenters. The van der Waals surface area contributed by atoms with Crippen molar-refractivity contribution in [3.8, 4) is 0 Å². The van der Waals surface area contributed by atoms with Crippen molar-refractivity contribution in [2.24, 2.45) is 0 Å². The monoisotopic (exact) mass is 255 g/mol. The van der Waals surface area contributed by atoms with E-state index in [0.717, 1.165) is 18.7 Å². The molecule has 1 aromatic heterocycles. The minimum atomic E-state index is -0.611. The average molecular weight is 256 g/mol. The highest BCUT2D eigenvalue weighted by atomic mass is 35.5. The molecule has 1 aliphatic heterocycles. The maximum absolute atomic E-state index is 11.7. The Hall–Kier alpha value is -1.23. The number of hydrogen-bond acceptors (Lipinski definition) is 3. The highest BCUT2D eigenvalue weighted by Crippen LogP contribution is 2.28. The first kappa shape index (κ1) is 12.2. The van der Waals surface area contributed by atoms with E-state index in [4.69, 9.17) is 11.6 Å². The molecule has 0 saturated heterocycles. The molecule has 6 heteroatoms. The summed E-state index contributed by atoms with van der Waals surface area (Å²) in [5.41, 5.74) is 0.587. The van der Waals surface area contributed by atoms with Gasteiger partial charge in [-0.15, -0.1) is 0 Å². The molecule has 2 rings (SSSR count). The van der Waals surface area contributed by atoms with Crippen LogP contribution in [0, 0.1) is 0 Å². The van der Waals surface area contributed by atoms with Gasteiger partial charge in [0.05, 0.1) is 5.69 Å². The number of fused-ring (bicyclic) bond motifs is 1. The molecular formula is C11H16ClN4O. The third-order valence-corrected chi connectivity index (χ3v) is 3.03. The molecule has 17 heavy (non-hydrogen) atoms. The Morgan fingerprint density at radius 3 is 2.82 bits per heavy atom. The quantitative estimate of drug-likeness (QED) is 0.613. The van der Waals surface area contributed by atoms with Crippen LogP contribution in [0.15, 0.2) is 6.20 Å². The summed E-state index contributed by atoms with van der Waals surface area (Å²) in [6.45, 7) is 6.86. The van der Waals surface area contributed by atoms with Crippen molar-refractivity contribution in [3.05, 3.63) is 11.9 Å². The minimum Gasteiger partial charge on any atom is -0.334 e. The Kier molecular flexibility index (Phi) is 3.28. The number of halogens is 1. The Balaban J connectivity index is 2.42. The smallest absolute Gasteiger partial charge is 0.298 e. The van der Waals surface area contributed by atoms with E-state index in [9.17, 15) is 4.79 Å². The van der Waals surface area contributed by atoms with Crippen LogP contribution in [-0.2, 0) is 0 Å². The molecular weight excluding hydrogens is 240 g/mol. The van der Waals surface area contributed by atoms with Gasteiger partial charge in [-0.1, -0.05) is 18.5 Å². The number of carbonyl (C=O) groups is 1. The molecule has 5 nitrogen and oxygen atoms in total. The van der Waals surface area contributed by atoms with Gasteiger partial charge in [0, 0.05) is 18.8 Å². The lowest BCUT2D eigenvalue weighted by Crippen LogP contribution is -2.45. The first-order valence-corrected chi connectivity index (χ1v) is 6.23. The fourth-order valence-corrected chi connectivity index (χ4v) is 2.11. The molecule has 0 aromatic carbocycles. The van der Waals surface area contributed by atoms with Crippen LogP contribution in [0.25, 0.3) is 0 Å². The second-order valence-corrected chi connectivity index (χ2v) is 4.77. The van der Waals surface area contributed by atoms with Gasteiger partial charge < -0.3 is 4.90 Å². The topological polar surface area (TPSA) is 52.2 Å². The van der Waals surface area contributed by atoms with Crippen LogP contribution in [0.4, 0.5) is 5.69 Å². The molecule has 2 heterocycles. The normalized spacial score (nSPS) is 19.5. The summed E-state index contributed by atoms with van der Waals surface area (Å²) in [4.78, 5) is 13.6. The largest absolute Gasteiger partial charge is 0.334 e. The lowest BCUT2D eigenvalue weighted by atomic mass is 10.2. The molecule has 93 valence electrons. The van der Waals surface area contributed by atoms with E-state index in [2.05, 4.69) is 17.3 Å². The van der Waals surface area contributed by atoms with Crippen LogP contribution < -0.4 is 10.2 Å². The van der Waals surface area contributed by atoms with Crippen LogP contribution in [0.2, 0.25) is 0 Å². The summed E-state index contributed by atoms with van der Waals surface area (Å²) < 4.78 is 1.77. The summed E-state index contributed by atoms with van der Waals surface area (Å²) >= 11 is 6.07. The predicted molar refractivity (Wildman–Crippen MR) is 66.4 cm³/mol. The van der Waals surface area contributed by atoms with Gasteiger partial charge in [-0.05, 0) is 20.3 Å². The third-order valence-electron chi connectivity index (χ3n) is 2.70. The number of amides is 1. The van der Waals surface area contributed by atoms with Crippen LogP contribution in [0.1, 0.15) is 43.7 Å². The molecule has 1 aliphatic rings. The fourth-order valence-electron chi connectivity index (χ4n) is 1.82.